The number of hydrogen-bond donors (Lipinski definition) is 1. The Morgan fingerprint density at radius 2 is 2.00 bits per heavy atom. The number of allylic oxidation sites excluding steroid dienone is 1. The summed E-state index contributed by atoms with van der Waals surface area (Å²) in [5.41, 5.74) is -0.988. The monoisotopic (exact) mass is 558 g/mol. The van der Waals surface area contributed by atoms with E-state index in [2.05, 4.69) is 11.9 Å². The van der Waals surface area contributed by atoms with E-state index in [1.54, 1.807) is 6.07 Å². The Kier molecular flexibility index (Phi) is 7.89. The van der Waals surface area contributed by atoms with Crippen molar-refractivity contribution in [1.82, 2.24) is 4.57 Å². The van der Waals surface area contributed by atoms with Crippen molar-refractivity contribution in [3.63, 3.8) is 0 Å². The molecule has 3 aromatic rings. The summed E-state index contributed by atoms with van der Waals surface area (Å²) in [6, 6.07) is 9.95. The SMILES string of the molecule is C=CCn1c(=O)/c(=C\c2cc3c(cc2[N+](=O)[O-])OCO3)s/c1=C(\C#N)C(=O)Nc1ccc(SC(F)F)cc1. The zero-order valence-electron chi connectivity index (χ0n) is 19.2. The summed E-state index contributed by atoms with van der Waals surface area (Å²) in [4.78, 5) is 37.4. The molecule has 1 aliphatic heterocycles. The van der Waals surface area contributed by atoms with Gasteiger partial charge in [0.2, 0.25) is 6.79 Å². The van der Waals surface area contributed by atoms with Gasteiger partial charge in [-0.3, -0.25) is 24.3 Å². The average molecular weight is 559 g/mol. The lowest BCUT2D eigenvalue weighted by Gasteiger charge is -2.06. The molecular formula is C24H16F2N4O6S2. The summed E-state index contributed by atoms with van der Waals surface area (Å²) in [5, 5.41) is 23.9. The van der Waals surface area contributed by atoms with E-state index in [1.165, 1.54) is 48.6 Å². The number of nitro groups is 1. The number of nitrogens with one attached hydrogen (secondary N) is 1. The van der Waals surface area contributed by atoms with E-state index in [9.17, 15) is 33.7 Å². The van der Waals surface area contributed by atoms with Gasteiger partial charge < -0.3 is 14.8 Å². The number of ether oxygens (including phenoxy) is 2. The lowest BCUT2D eigenvalue weighted by Crippen LogP contribution is -2.33. The Hall–Kier alpha value is -4.48. The quantitative estimate of drug-likeness (QED) is 0.193. The minimum Gasteiger partial charge on any atom is -0.454 e. The zero-order valence-corrected chi connectivity index (χ0v) is 20.8. The van der Waals surface area contributed by atoms with Gasteiger partial charge in [-0.05, 0) is 36.4 Å². The van der Waals surface area contributed by atoms with E-state index < -0.39 is 22.1 Å². The standard InChI is InChI=1S/C24H16F2N4O6S2/c1-2-7-29-22(32)20(9-13-8-18-19(36-12-35-18)10-17(13)30(33)34)38-23(29)16(11-27)21(31)28-14-3-5-15(6-4-14)37-24(25)26/h2-6,8-10,24H,1,7,12H2,(H,28,31)/b20-9+,23-16+. The first kappa shape index (κ1) is 26.6. The van der Waals surface area contributed by atoms with E-state index in [0.717, 1.165) is 15.9 Å². The van der Waals surface area contributed by atoms with Gasteiger partial charge in [-0.25, -0.2) is 0 Å². The molecular weight excluding hydrogens is 542 g/mol. The van der Waals surface area contributed by atoms with Crippen molar-refractivity contribution in [2.24, 2.45) is 0 Å². The van der Waals surface area contributed by atoms with Crippen LogP contribution >= 0.6 is 23.1 Å². The van der Waals surface area contributed by atoms with Gasteiger partial charge in [0, 0.05) is 17.1 Å². The molecule has 2 heterocycles. The van der Waals surface area contributed by atoms with Crippen LogP contribution in [0.15, 0.2) is 58.7 Å². The van der Waals surface area contributed by atoms with Gasteiger partial charge in [0.1, 0.15) is 10.7 Å². The van der Waals surface area contributed by atoms with E-state index in [0.29, 0.717) is 16.7 Å². The molecule has 0 bridgehead atoms. The van der Waals surface area contributed by atoms with Gasteiger partial charge in [0.25, 0.3) is 22.9 Å². The predicted octanol–water partition coefficient (Wildman–Crippen LogP) is 3.19. The van der Waals surface area contributed by atoms with E-state index in [1.807, 2.05) is 0 Å². The van der Waals surface area contributed by atoms with Crippen LogP contribution in [0.4, 0.5) is 20.2 Å². The molecule has 0 saturated heterocycles. The number of hydrogen-bond acceptors (Lipinski definition) is 9. The summed E-state index contributed by atoms with van der Waals surface area (Å²) in [5.74, 6) is -2.96. The topological polar surface area (TPSA) is 136 Å². The van der Waals surface area contributed by atoms with Crippen LogP contribution in [0.2, 0.25) is 0 Å². The molecule has 0 aliphatic carbocycles. The second-order valence-corrected chi connectivity index (χ2v) is 9.58. The largest absolute Gasteiger partial charge is 0.454 e. The van der Waals surface area contributed by atoms with Gasteiger partial charge in [0.15, 0.2) is 17.1 Å². The Morgan fingerprint density at radius 1 is 1.32 bits per heavy atom. The molecule has 2 aromatic carbocycles. The number of halogens is 2. The molecule has 194 valence electrons. The number of rotatable bonds is 8. The number of nitrogens with zero attached hydrogens (tertiary/aromatic N) is 3. The maximum absolute atomic E-state index is 13.2. The van der Waals surface area contributed by atoms with Crippen LogP contribution in [-0.2, 0) is 11.3 Å². The van der Waals surface area contributed by atoms with Crippen molar-refractivity contribution in [3.8, 4) is 17.6 Å². The van der Waals surface area contributed by atoms with Crippen molar-refractivity contribution < 1.29 is 28.0 Å². The fourth-order valence-electron chi connectivity index (χ4n) is 3.47. The Morgan fingerprint density at radius 3 is 2.61 bits per heavy atom. The number of benzene rings is 2. The van der Waals surface area contributed by atoms with Crippen molar-refractivity contribution in [2.75, 3.05) is 12.1 Å². The van der Waals surface area contributed by atoms with Crippen LogP contribution in [0.3, 0.4) is 0 Å². The Bertz CT molecular complexity index is 1660. The normalized spacial score (nSPS) is 13.3. The van der Waals surface area contributed by atoms with Crippen molar-refractivity contribution in [2.45, 2.75) is 17.2 Å². The van der Waals surface area contributed by atoms with Gasteiger partial charge >= 0.3 is 0 Å². The number of anilines is 1. The first-order chi connectivity index (χ1) is 18.2. The smallest absolute Gasteiger partial charge is 0.288 e. The molecule has 0 unspecified atom stereocenters. The number of thiazole rings is 1. The fourth-order valence-corrected chi connectivity index (χ4v) is 5.07. The Balaban J connectivity index is 1.80. The molecule has 0 saturated carbocycles. The second kappa shape index (κ2) is 11.3. The van der Waals surface area contributed by atoms with E-state index in [4.69, 9.17) is 9.47 Å². The van der Waals surface area contributed by atoms with Crippen molar-refractivity contribution in [1.29, 1.82) is 5.26 Å². The number of carbonyl (C=O) groups is 1. The third-order valence-corrected chi connectivity index (χ3v) is 6.97. The molecule has 1 aromatic heterocycles. The lowest BCUT2D eigenvalue weighted by atomic mass is 10.1. The number of carbonyl (C=O) groups excluding carboxylic acids is 1. The van der Waals surface area contributed by atoms with Crippen LogP contribution in [0.25, 0.3) is 11.6 Å². The van der Waals surface area contributed by atoms with Crippen molar-refractivity contribution in [3.05, 3.63) is 84.3 Å². The van der Waals surface area contributed by atoms with Crippen LogP contribution < -0.4 is 29.5 Å². The highest BCUT2D eigenvalue weighted by Crippen LogP contribution is 2.38. The molecule has 0 radical (unpaired) electrons. The molecule has 1 N–H and O–H groups in total. The Labute approximate surface area is 220 Å². The van der Waals surface area contributed by atoms with E-state index >= 15 is 0 Å². The van der Waals surface area contributed by atoms with Gasteiger partial charge in [-0.15, -0.1) is 17.9 Å². The number of fused-ring (bicyclic) bond motifs is 1. The molecule has 0 spiro atoms. The number of alkyl halides is 2. The molecule has 4 rings (SSSR count). The van der Waals surface area contributed by atoms with Crippen LogP contribution in [0.1, 0.15) is 5.56 Å². The van der Waals surface area contributed by atoms with Crippen molar-refractivity contribution >= 4 is 52.0 Å². The number of nitriles is 1. The molecule has 1 amide bonds. The minimum absolute atomic E-state index is 0.00872. The molecule has 0 atom stereocenters. The summed E-state index contributed by atoms with van der Waals surface area (Å²) in [7, 11) is 0. The molecule has 1 aliphatic rings. The van der Waals surface area contributed by atoms with Crippen LogP contribution in [0, 0.1) is 21.4 Å². The molecule has 14 heteroatoms. The maximum Gasteiger partial charge on any atom is 0.288 e. The highest BCUT2D eigenvalue weighted by Gasteiger charge is 2.23. The zero-order chi connectivity index (χ0) is 27.4. The van der Waals surface area contributed by atoms with Crippen LogP contribution in [-0.4, -0.2) is 27.9 Å². The fraction of sp³-hybridized carbons (Fsp3) is 0.125. The second-order valence-electron chi connectivity index (χ2n) is 7.49. The third kappa shape index (κ3) is 5.58. The van der Waals surface area contributed by atoms with Gasteiger partial charge in [-0.1, -0.05) is 17.8 Å². The minimum atomic E-state index is -2.60. The highest BCUT2D eigenvalue weighted by atomic mass is 32.2. The first-order valence-corrected chi connectivity index (χ1v) is 12.3. The summed E-state index contributed by atoms with van der Waals surface area (Å²) in [6.07, 6.45) is 2.68. The predicted molar refractivity (Wildman–Crippen MR) is 137 cm³/mol. The molecule has 38 heavy (non-hydrogen) atoms. The summed E-state index contributed by atoms with van der Waals surface area (Å²) in [6.45, 7) is 3.46. The lowest BCUT2D eigenvalue weighted by molar-refractivity contribution is -0.385. The maximum atomic E-state index is 13.2. The molecule has 10 nitrogen and oxygen atoms in total. The average Bonchev–Trinajstić information content (AvgIpc) is 3.45. The van der Waals surface area contributed by atoms with E-state index in [-0.39, 0.29) is 56.5 Å². The number of amides is 1. The summed E-state index contributed by atoms with van der Waals surface area (Å²) >= 11 is 1.15. The van der Waals surface area contributed by atoms with Gasteiger partial charge in [-0.2, -0.15) is 14.0 Å². The first-order valence-electron chi connectivity index (χ1n) is 10.6. The highest BCUT2D eigenvalue weighted by molar-refractivity contribution is 7.99. The number of nitro benzene ring substituents is 1. The van der Waals surface area contributed by atoms with Crippen LogP contribution in [0.5, 0.6) is 11.5 Å². The number of thioether (sulfide) groups is 1. The third-order valence-electron chi connectivity index (χ3n) is 5.11. The van der Waals surface area contributed by atoms with Gasteiger partial charge in [0.05, 0.1) is 21.1 Å². The molecule has 0 fully saturated rings. The summed E-state index contributed by atoms with van der Waals surface area (Å²) < 4.78 is 36.7. The number of aromatic nitrogens is 1.